The number of benzene rings is 1. The highest BCUT2D eigenvalue weighted by atomic mass is 79.9. The molecular formula is C10H13BrO. The number of rotatable bonds is 4. The summed E-state index contributed by atoms with van der Waals surface area (Å²) in [7, 11) is 0. The Morgan fingerprint density at radius 3 is 2.75 bits per heavy atom. The maximum absolute atomic E-state index is 5.53. The Morgan fingerprint density at radius 2 is 2.08 bits per heavy atom. The van der Waals surface area contributed by atoms with Gasteiger partial charge in [-0.05, 0) is 34.5 Å². The summed E-state index contributed by atoms with van der Waals surface area (Å²) in [4.78, 5) is 0. The molecule has 0 N–H and O–H groups in total. The average Bonchev–Trinajstić information content (AvgIpc) is 2.09. The highest BCUT2D eigenvalue weighted by molar-refractivity contribution is 9.10. The lowest BCUT2D eigenvalue weighted by molar-refractivity contribution is 0.307. The van der Waals surface area contributed by atoms with Gasteiger partial charge in [-0.25, -0.2) is 0 Å². The van der Waals surface area contributed by atoms with Gasteiger partial charge in [0.15, 0.2) is 0 Å². The first-order valence-corrected chi connectivity index (χ1v) is 5.01. The van der Waals surface area contributed by atoms with Crippen molar-refractivity contribution >= 4 is 15.9 Å². The smallest absolute Gasteiger partial charge is 0.133 e. The molecule has 0 saturated carbocycles. The quantitative estimate of drug-likeness (QED) is 0.716. The molecule has 0 aromatic heterocycles. The SMILES string of the molecule is CCCCOc1ccccc1Br. The average molecular weight is 229 g/mol. The van der Waals surface area contributed by atoms with Crippen LogP contribution in [-0.4, -0.2) is 6.61 Å². The molecule has 1 rings (SSSR count). The predicted octanol–water partition coefficient (Wildman–Crippen LogP) is 3.63. The fraction of sp³-hybridized carbons (Fsp3) is 0.400. The molecule has 12 heavy (non-hydrogen) atoms. The number of halogens is 1. The molecule has 1 nitrogen and oxygen atoms in total. The molecule has 0 fully saturated rings. The van der Waals surface area contributed by atoms with Crippen molar-refractivity contribution in [1.82, 2.24) is 0 Å². The van der Waals surface area contributed by atoms with Gasteiger partial charge in [0.2, 0.25) is 0 Å². The van der Waals surface area contributed by atoms with Gasteiger partial charge >= 0.3 is 0 Å². The van der Waals surface area contributed by atoms with Gasteiger partial charge in [0.05, 0.1) is 11.1 Å². The Balaban J connectivity index is 2.46. The van der Waals surface area contributed by atoms with E-state index in [0.717, 1.165) is 23.2 Å². The van der Waals surface area contributed by atoms with Crippen LogP contribution < -0.4 is 4.74 Å². The maximum Gasteiger partial charge on any atom is 0.133 e. The largest absolute Gasteiger partial charge is 0.492 e. The fourth-order valence-electron chi connectivity index (χ4n) is 0.888. The zero-order chi connectivity index (χ0) is 8.81. The molecular weight excluding hydrogens is 216 g/mol. The maximum atomic E-state index is 5.53. The predicted molar refractivity (Wildman–Crippen MR) is 54.5 cm³/mol. The van der Waals surface area contributed by atoms with E-state index in [1.165, 1.54) is 6.42 Å². The summed E-state index contributed by atoms with van der Waals surface area (Å²) in [6, 6.07) is 7.92. The highest BCUT2D eigenvalue weighted by Crippen LogP contribution is 2.23. The second kappa shape index (κ2) is 5.20. The molecule has 0 radical (unpaired) electrons. The third-order valence-corrected chi connectivity index (χ3v) is 2.25. The van der Waals surface area contributed by atoms with Gasteiger partial charge in [-0.15, -0.1) is 0 Å². The third-order valence-electron chi connectivity index (χ3n) is 1.59. The van der Waals surface area contributed by atoms with E-state index < -0.39 is 0 Å². The molecule has 0 spiro atoms. The van der Waals surface area contributed by atoms with Crippen molar-refractivity contribution < 1.29 is 4.74 Å². The van der Waals surface area contributed by atoms with Crippen LogP contribution in [0.4, 0.5) is 0 Å². The molecule has 0 atom stereocenters. The van der Waals surface area contributed by atoms with Crippen LogP contribution in [0, 0.1) is 0 Å². The Morgan fingerprint density at radius 1 is 1.33 bits per heavy atom. The van der Waals surface area contributed by atoms with Gasteiger partial charge < -0.3 is 4.74 Å². The van der Waals surface area contributed by atoms with Crippen LogP contribution in [0.3, 0.4) is 0 Å². The van der Waals surface area contributed by atoms with E-state index in [9.17, 15) is 0 Å². The van der Waals surface area contributed by atoms with E-state index in [1.807, 2.05) is 24.3 Å². The molecule has 1 aromatic carbocycles. The van der Waals surface area contributed by atoms with E-state index >= 15 is 0 Å². The van der Waals surface area contributed by atoms with E-state index in [0.29, 0.717) is 0 Å². The van der Waals surface area contributed by atoms with Crippen LogP contribution in [0.5, 0.6) is 5.75 Å². The molecule has 0 aliphatic heterocycles. The Labute approximate surface area is 81.9 Å². The third kappa shape index (κ3) is 2.86. The van der Waals surface area contributed by atoms with Crippen LogP contribution in [0.1, 0.15) is 19.8 Å². The summed E-state index contributed by atoms with van der Waals surface area (Å²) in [5.74, 6) is 0.936. The molecule has 0 aliphatic carbocycles. The molecule has 0 bridgehead atoms. The first-order chi connectivity index (χ1) is 5.84. The number of hydrogen-bond acceptors (Lipinski definition) is 1. The Hall–Kier alpha value is -0.500. The zero-order valence-corrected chi connectivity index (χ0v) is 8.80. The first-order valence-electron chi connectivity index (χ1n) is 4.22. The first kappa shape index (κ1) is 9.59. The van der Waals surface area contributed by atoms with Crippen LogP contribution in [0.15, 0.2) is 28.7 Å². The molecule has 66 valence electrons. The van der Waals surface area contributed by atoms with Gasteiger partial charge in [0.25, 0.3) is 0 Å². The Bertz CT molecular complexity index is 235. The second-order valence-electron chi connectivity index (χ2n) is 2.63. The van der Waals surface area contributed by atoms with Gasteiger partial charge in [0.1, 0.15) is 5.75 Å². The molecule has 0 amide bonds. The lowest BCUT2D eigenvalue weighted by Gasteiger charge is -2.06. The molecule has 1 aromatic rings. The second-order valence-corrected chi connectivity index (χ2v) is 3.49. The minimum Gasteiger partial charge on any atom is -0.492 e. The van der Waals surface area contributed by atoms with E-state index in [1.54, 1.807) is 0 Å². The number of unbranched alkanes of at least 4 members (excludes halogenated alkanes) is 1. The van der Waals surface area contributed by atoms with Crippen LogP contribution >= 0.6 is 15.9 Å². The fourth-order valence-corrected chi connectivity index (χ4v) is 1.29. The van der Waals surface area contributed by atoms with Crippen molar-refractivity contribution in [3.05, 3.63) is 28.7 Å². The lowest BCUT2D eigenvalue weighted by Crippen LogP contribution is -1.96. The zero-order valence-electron chi connectivity index (χ0n) is 7.22. The van der Waals surface area contributed by atoms with Gasteiger partial charge in [-0.2, -0.15) is 0 Å². The standard InChI is InChI=1S/C10H13BrO/c1-2-3-8-12-10-7-5-4-6-9(10)11/h4-7H,2-3,8H2,1H3. The topological polar surface area (TPSA) is 9.23 Å². The van der Waals surface area contributed by atoms with Gasteiger partial charge in [-0.1, -0.05) is 25.5 Å². The van der Waals surface area contributed by atoms with E-state index in [4.69, 9.17) is 4.74 Å². The van der Waals surface area contributed by atoms with Crippen LogP contribution in [-0.2, 0) is 0 Å². The summed E-state index contributed by atoms with van der Waals surface area (Å²) in [6.07, 6.45) is 2.28. The summed E-state index contributed by atoms with van der Waals surface area (Å²) >= 11 is 3.42. The molecule has 0 unspecified atom stereocenters. The van der Waals surface area contributed by atoms with Gasteiger partial charge in [0, 0.05) is 0 Å². The van der Waals surface area contributed by atoms with Crippen molar-refractivity contribution in [3.63, 3.8) is 0 Å². The van der Waals surface area contributed by atoms with Crippen LogP contribution in [0.25, 0.3) is 0 Å². The minimum atomic E-state index is 0.805. The van der Waals surface area contributed by atoms with Crippen molar-refractivity contribution in [1.29, 1.82) is 0 Å². The molecule has 0 aliphatic rings. The monoisotopic (exact) mass is 228 g/mol. The number of para-hydroxylation sites is 1. The molecule has 0 saturated heterocycles. The number of ether oxygens (including phenoxy) is 1. The van der Waals surface area contributed by atoms with Crippen molar-refractivity contribution in [3.8, 4) is 5.75 Å². The summed E-state index contributed by atoms with van der Waals surface area (Å²) in [5, 5.41) is 0. The summed E-state index contributed by atoms with van der Waals surface area (Å²) in [6.45, 7) is 2.96. The van der Waals surface area contributed by atoms with Crippen molar-refractivity contribution in [2.24, 2.45) is 0 Å². The molecule has 0 heterocycles. The van der Waals surface area contributed by atoms with Crippen LogP contribution in [0.2, 0.25) is 0 Å². The Kier molecular flexibility index (Phi) is 4.15. The minimum absolute atomic E-state index is 0.805. The van der Waals surface area contributed by atoms with Crippen molar-refractivity contribution in [2.45, 2.75) is 19.8 Å². The normalized spacial score (nSPS) is 9.83. The van der Waals surface area contributed by atoms with Gasteiger partial charge in [-0.3, -0.25) is 0 Å². The molecule has 2 heteroatoms. The number of hydrogen-bond donors (Lipinski definition) is 0. The van der Waals surface area contributed by atoms with E-state index in [2.05, 4.69) is 22.9 Å². The van der Waals surface area contributed by atoms with E-state index in [-0.39, 0.29) is 0 Å². The lowest BCUT2D eigenvalue weighted by atomic mass is 10.3. The summed E-state index contributed by atoms with van der Waals surface area (Å²) < 4.78 is 6.56. The highest BCUT2D eigenvalue weighted by Gasteiger charge is 1.96. The summed E-state index contributed by atoms with van der Waals surface area (Å²) in [5.41, 5.74) is 0. The van der Waals surface area contributed by atoms with Crippen molar-refractivity contribution in [2.75, 3.05) is 6.61 Å².